The van der Waals surface area contributed by atoms with Gasteiger partial charge in [0.15, 0.2) is 0 Å². The molecule has 2 aromatic rings. The van der Waals surface area contributed by atoms with Gasteiger partial charge in [0.05, 0.1) is 6.42 Å². The largest absolute Gasteiger partial charge is 0.480 e. The lowest BCUT2D eigenvalue weighted by Gasteiger charge is -2.15. The van der Waals surface area contributed by atoms with E-state index in [1.165, 1.54) is 0 Å². The smallest absolute Gasteiger partial charge is 0.326 e. The minimum absolute atomic E-state index is 0.00156. The number of hydrogen-bond acceptors (Lipinski definition) is 2. The van der Waals surface area contributed by atoms with Crippen LogP contribution in [0.25, 0.3) is 0 Å². The number of amides is 1. The fourth-order valence-corrected chi connectivity index (χ4v) is 2.40. The predicted octanol–water partition coefficient (Wildman–Crippen LogP) is 3.08. The van der Waals surface area contributed by atoms with E-state index in [4.69, 9.17) is 0 Å². The van der Waals surface area contributed by atoms with Gasteiger partial charge in [0.2, 0.25) is 5.91 Å². The van der Waals surface area contributed by atoms with Gasteiger partial charge in [-0.1, -0.05) is 34.1 Å². The van der Waals surface area contributed by atoms with E-state index in [-0.39, 0.29) is 18.4 Å². The van der Waals surface area contributed by atoms with Crippen LogP contribution in [0, 0.1) is 11.6 Å². The summed E-state index contributed by atoms with van der Waals surface area (Å²) in [6, 6.07) is 8.77. The van der Waals surface area contributed by atoms with Crippen molar-refractivity contribution in [1.29, 1.82) is 0 Å². The topological polar surface area (TPSA) is 66.4 Å². The number of carboxylic acid groups (broad SMARTS) is 1. The minimum Gasteiger partial charge on any atom is -0.480 e. The molecule has 0 radical (unpaired) electrons. The number of hydrogen-bond donors (Lipinski definition) is 2. The first-order valence-electron chi connectivity index (χ1n) is 7.05. The minimum atomic E-state index is -1.19. The molecule has 0 aliphatic carbocycles. The summed E-state index contributed by atoms with van der Waals surface area (Å²) in [7, 11) is 0. The zero-order valence-electron chi connectivity index (χ0n) is 12.4. The van der Waals surface area contributed by atoms with Crippen molar-refractivity contribution < 1.29 is 23.5 Å². The third-order valence-electron chi connectivity index (χ3n) is 3.35. The van der Waals surface area contributed by atoms with Crippen LogP contribution >= 0.6 is 15.9 Å². The third kappa shape index (κ3) is 5.13. The van der Waals surface area contributed by atoms with Crippen molar-refractivity contribution >= 4 is 27.8 Å². The second-order valence-corrected chi connectivity index (χ2v) is 6.12. The number of nitrogens with one attached hydrogen (secondary N) is 1. The molecule has 0 unspecified atom stereocenters. The van der Waals surface area contributed by atoms with E-state index in [2.05, 4.69) is 21.2 Å². The standard InChI is InChI=1S/C17H14BrF2NO3/c18-12-4-1-10(2-5-12)7-15(17(23)24)21-16(22)8-11-3-6-13(19)9-14(11)20/h1-6,9,15H,7-8H2,(H,21,22)(H,23,24)/t15-/m0/s1. The van der Waals surface area contributed by atoms with Crippen LogP contribution in [0.5, 0.6) is 0 Å². The lowest BCUT2D eigenvalue weighted by molar-refractivity contribution is -0.141. The Hall–Kier alpha value is -2.28. The van der Waals surface area contributed by atoms with E-state index >= 15 is 0 Å². The molecule has 0 aliphatic heterocycles. The summed E-state index contributed by atoms with van der Waals surface area (Å²) >= 11 is 3.28. The molecule has 0 saturated carbocycles. The summed E-state index contributed by atoms with van der Waals surface area (Å²) in [6.07, 6.45) is -0.267. The number of benzene rings is 2. The highest BCUT2D eigenvalue weighted by Gasteiger charge is 2.21. The zero-order chi connectivity index (χ0) is 17.7. The molecule has 126 valence electrons. The first kappa shape index (κ1) is 18.1. The van der Waals surface area contributed by atoms with Gasteiger partial charge in [-0.05, 0) is 29.3 Å². The molecule has 0 fully saturated rings. The van der Waals surface area contributed by atoms with Crippen molar-refractivity contribution in [2.75, 3.05) is 0 Å². The Bertz CT molecular complexity index is 750. The fourth-order valence-electron chi connectivity index (χ4n) is 2.14. The monoisotopic (exact) mass is 397 g/mol. The van der Waals surface area contributed by atoms with Gasteiger partial charge < -0.3 is 10.4 Å². The van der Waals surface area contributed by atoms with Gasteiger partial charge in [0.25, 0.3) is 0 Å². The van der Waals surface area contributed by atoms with Crippen LogP contribution in [0.15, 0.2) is 46.9 Å². The Morgan fingerprint density at radius 2 is 1.79 bits per heavy atom. The SMILES string of the molecule is O=C(Cc1ccc(F)cc1F)N[C@@H](Cc1ccc(Br)cc1)C(=O)O. The third-order valence-corrected chi connectivity index (χ3v) is 3.88. The highest BCUT2D eigenvalue weighted by Crippen LogP contribution is 2.13. The molecule has 0 heterocycles. The van der Waals surface area contributed by atoms with E-state index in [0.717, 1.165) is 22.2 Å². The molecule has 0 aromatic heterocycles. The van der Waals surface area contributed by atoms with Crippen LogP contribution in [0.2, 0.25) is 0 Å². The van der Waals surface area contributed by atoms with Crippen molar-refractivity contribution in [1.82, 2.24) is 5.32 Å². The van der Waals surface area contributed by atoms with Crippen molar-refractivity contribution in [2.45, 2.75) is 18.9 Å². The van der Waals surface area contributed by atoms with E-state index < -0.39 is 29.6 Å². The van der Waals surface area contributed by atoms with Gasteiger partial charge in [-0.3, -0.25) is 4.79 Å². The maximum absolute atomic E-state index is 13.6. The van der Waals surface area contributed by atoms with Crippen LogP contribution in [0.4, 0.5) is 8.78 Å². The molecule has 24 heavy (non-hydrogen) atoms. The summed E-state index contributed by atoms with van der Waals surface area (Å²) in [6.45, 7) is 0. The molecule has 7 heteroatoms. The quantitative estimate of drug-likeness (QED) is 0.786. The lowest BCUT2D eigenvalue weighted by atomic mass is 10.1. The molecule has 0 spiro atoms. The number of aliphatic carboxylic acids is 1. The Morgan fingerprint density at radius 3 is 2.38 bits per heavy atom. The van der Waals surface area contributed by atoms with Crippen LogP contribution in [-0.2, 0) is 22.4 Å². The molecular formula is C17H14BrF2NO3. The molecule has 1 atom stereocenters. The maximum atomic E-state index is 13.6. The first-order valence-corrected chi connectivity index (χ1v) is 7.85. The zero-order valence-corrected chi connectivity index (χ0v) is 14.0. The molecule has 0 saturated heterocycles. The molecule has 1 amide bonds. The highest BCUT2D eigenvalue weighted by atomic mass is 79.9. The van der Waals surface area contributed by atoms with Crippen molar-refractivity contribution in [3.8, 4) is 0 Å². The molecular weight excluding hydrogens is 384 g/mol. The van der Waals surface area contributed by atoms with Gasteiger partial charge >= 0.3 is 5.97 Å². The van der Waals surface area contributed by atoms with Gasteiger partial charge in [-0.2, -0.15) is 0 Å². The average Bonchev–Trinajstić information content (AvgIpc) is 2.51. The second kappa shape index (κ2) is 8.01. The van der Waals surface area contributed by atoms with Crippen molar-refractivity contribution in [3.63, 3.8) is 0 Å². The summed E-state index contributed by atoms with van der Waals surface area (Å²) in [5.41, 5.74) is 0.737. The Kier molecular flexibility index (Phi) is 6.03. The Labute approximate surface area is 145 Å². The second-order valence-electron chi connectivity index (χ2n) is 5.20. The predicted molar refractivity (Wildman–Crippen MR) is 87.5 cm³/mol. The number of rotatable bonds is 6. The van der Waals surface area contributed by atoms with Crippen LogP contribution in [0.1, 0.15) is 11.1 Å². The summed E-state index contributed by atoms with van der Waals surface area (Å²) < 4.78 is 27.3. The van der Waals surface area contributed by atoms with Crippen molar-refractivity contribution in [3.05, 3.63) is 69.7 Å². The van der Waals surface area contributed by atoms with Crippen molar-refractivity contribution in [2.24, 2.45) is 0 Å². The van der Waals surface area contributed by atoms with Crippen LogP contribution < -0.4 is 5.32 Å². The van der Waals surface area contributed by atoms with Gasteiger partial charge in [-0.25, -0.2) is 13.6 Å². The fraction of sp³-hybridized carbons (Fsp3) is 0.176. The number of carbonyl (C=O) groups excluding carboxylic acids is 1. The van der Waals surface area contributed by atoms with E-state index in [9.17, 15) is 23.5 Å². The summed E-state index contributed by atoms with van der Waals surface area (Å²) in [4.78, 5) is 23.3. The van der Waals surface area contributed by atoms with Gasteiger partial charge in [0, 0.05) is 17.0 Å². The van der Waals surface area contributed by atoms with Crippen LogP contribution in [0.3, 0.4) is 0 Å². The van der Waals surface area contributed by atoms with E-state index in [1.807, 2.05) is 0 Å². The summed E-state index contributed by atoms with van der Waals surface area (Å²) in [5.74, 6) is -3.42. The lowest BCUT2D eigenvalue weighted by Crippen LogP contribution is -2.43. The number of carbonyl (C=O) groups is 2. The van der Waals surface area contributed by atoms with Gasteiger partial charge in [0.1, 0.15) is 17.7 Å². The Morgan fingerprint density at radius 1 is 1.12 bits per heavy atom. The number of carboxylic acids is 1. The van der Waals surface area contributed by atoms with E-state index in [0.29, 0.717) is 6.07 Å². The maximum Gasteiger partial charge on any atom is 0.326 e. The average molecular weight is 398 g/mol. The molecule has 0 bridgehead atoms. The highest BCUT2D eigenvalue weighted by molar-refractivity contribution is 9.10. The first-order chi connectivity index (χ1) is 11.3. The Balaban J connectivity index is 2.02. The molecule has 2 rings (SSSR count). The molecule has 2 N–H and O–H groups in total. The van der Waals surface area contributed by atoms with Crippen LogP contribution in [-0.4, -0.2) is 23.0 Å². The van der Waals surface area contributed by atoms with Gasteiger partial charge in [-0.15, -0.1) is 0 Å². The number of halogens is 3. The molecule has 2 aromatic carbocycles. The molecule has 0 aliphatic rings. The van der Waals surface area contributed by atoms with E-state index in [1.54, 1.807) is 24.3 Å². The normalized spacial score (nSPS) is 11.8. The summed E-state index contributed by atoms with van der Waals surface area (Å²) in [5, 5.41) is 11.6. The molecule has 4 nitrogen and oxygen atoms in total.